The van der Waals surface area contributed by atoms with Gasteiger partial charge in [0.2, 0.25) is 0 Å². The van der Waals surface area contributed by atoms with Crippen LogP contribution in [0.4, 0.5) is 0 Å². The number of hydrogen-bond acceptors (Lipinski definition) is 2. The molecule has 0 aromatic rings. The highest BCUT2D eigenvalue weighted by Gasteiger charge is 2.60. The van der Waals surface area contributed by atoms with Crippen LogP contribution >= 0.6 is 0 Å². The second-order valence-electron chi connectivity index (χ2n) is 9.77. The van der Waals surface area contributed by atoms with E-state index in [1.54, 1.807) is 0 Å². The van der Waals surface area contributed by atoms with Crippen LogP contribution in [0.15, 0.2) is 0 Å². The van der Waals surface area contributed by atoms with Gasteiger partial charge >= 0.3 is 0 Å². The summed E-state index contributed by atoms with van der Waals surface area (Å²) in [5.74, 6) is 3.47. The van der Waals surface area contributed by atoms with Crippen molar-refractivity contribution < 1.29 is 10.2 Å². The van der Waals surface area contributed by atoms with Crippen LogP contribution in [0.5, 0.6) is 0 Å². The van der Waals surface area contributed by atoms with E-state index in [1.807, 2.05) is 0 Å². The Kier molecular flexibility index (Phi) is 3.48. The number of rotatable bonds is 0. The summed E-state index contributed by atoms with van der Waals surface area (Å²) in [4.78, 5) is 0. The molecule has 4 fully saturated rings. The van der Waals surface area contributed by atoms with Gasteiger partial charge in [-0.15, -0.1) is 0 Å². The molecule has 4 aliphatic rings. The molecule has 0 aliphatic heterocycles. The fourth-order valence-corrected chi connectivity index (χ4v) is 7.80. The Labute approximate surface area is 135 Å². The Balaban J connectivity index is 1.66. The molecule has 126 valence electrons. The molecule has 4 unspecified atom stereocenters. The molecule has 22 heavy (non-hydrogen) atoms. The lowest BCUT2D eigenvalue weighted by Crippen LogP contribution is -2.59. The van der Waals surface area contributed by atoms with E-state index in [0.29, 0.717) is 11.3 Å². The van der Waals surface area contributed by atoms with Gasteiger partial charge in [-0.25, -0.2) is 0 Å². The Morgan fingerprint density at radius 2 is 1.64 bits per heavy atom. The maximum atomic E-state index is 10.4. The predicted molar refractivity (Wildman–Crippen MR) is 88.3 cm³/mol. The van der Waals surface area contributed by atoms with E-state index in [2.05, 4.69) is 20.8 Å². The summed E-state index contributed by atoms with van der Waals surface area (Å²) in [6, 6.07) is 0. The van der Waals surface area contributed by atoms with E-state index in [4.69, 9.17) is 0 Å². The summed E-state index contributed by atoms with van der Waals surface area (Å²) in [6.45, 7) is 7.19. The Morgan fingerprint density at radius 1 is 0.864 bits per heavy atom. The number of aliphatic hydroxyl groups is 2. The summed E-state index contributed by atoms with van der Waals surface area (Å²) in [7, 11) is 0. The minimum Gasteiger partial charge on any atom is -0.390 e. The summed E-state index contributed by atoms with van der Waals surface area (Å²) >= 11 is 0. The highest BCUT2D eigenvalue weighted by atomic mass is 16.3. The lowest BCUT2D eigenvalue weighted by molar-refractivity contribution is -0.180. The van der Waals surface area contributed by atoms with Gasteiger partial charge < -0.3 is 10.2 Å². The highest BCUT2D eigenvalue weighted by Crippen LogP contribution is 2.66. The van der Waals surface area contributed by atoms with Gasteiger partial charge in [-0.3, -0.25) is 0 Å². The highest BCUT2D eigenvalue weighted by molar-refractivity contribution is 5.09. The Bertz CT molecular complexity index is 449. The van der Waals surface area contributed by atoms with Crippen molar-refractivity contribution in [2.75, 3.05) is 0 Å². The first-order valence-corrected chi connectivity index (χ1v) is 9.73. The lowest BCUT2D eigenvalue weighted by atomic mass is 9.43. The maximum absolute atomic E-state index is 10.4. The van der Waals surface area contributed by atoms with E-state index >= 15 is 0 Å². The molecule has 0 radical (unpaired) electrons. The van der Waals surface area contributed by atoms with Crippen molar-refractivity contribution in [1.82, 2.24) is 0 Å². The van der Waals surface area contributed by atoms with Crippen molar-refractivity contribution in [3.8, 4) is 0 Å². The molecule has 0 aromatic carbocycles. The van der Waals surface area contributed by atoms with E-state index in [-0.39, 0.29) is 11.3 Å². The van der Waals surface area contributed by atoms with Gasteiger partial charge in [0, 0.05) is 0 Å². The molecule has 4 aliphatic carbocycles. The second kappa shape index (κ2) is 4.96. The zero-order valence-electron chi connectivity index (χ0n) is 14.6. The topological polar surface area (TPSA) is 40.5 Å². The zero-order valence-corrected chi connectivity index (χ0v) is 14.6. The molecule has 4 saturated carbocycles. The van der Waals surface area contributed by atoms with Crippen molar-refractivity contribution in [2.45, 2.75) is 84.3 Å². The number of hydrogen-bond donors (Lipinski definition) is 2. The van der Waals surface area contributed by atoms with Crippen LogP contribution in [0, 0.1) is 40.4 Å². The largest absolute Gasteiger partial charge is 0.390 e. The molecule has 0 bridgehead atoms. The molecule has 9 atom stereocenters. The minimum absolute atomic E-state index is 0.255. The molecular formula is C20H34O2. The first-order chi connectivity index (χ1) is 10.4. The van der Waals surface area contributed by atoms with E-state index in [1.165, 1.54) is 44.9 Å². The fraction of sp³-hybridized carbons (Fsp3) is 1.00. The van der Waals surface area contributed by atoms with Gasteiger partial charge in [-0.2, -0.15) is 0 Å². The molecule has 2 N–H and O–H groups in total. The summed E-state index contributed by atoms with van der Waals surface area (Å²) < 4.78 is 0. The quantitative estimate of drug-likeness (QED) is 0.710. The smallest absolute Gasteiger partial charge is 0.0827 e. The van der Waals surface area contributed by atoms with Gasteiger partial charge in [0.05, 0.1) is 12.2 Å². The molecule has 0 spiro atoms. The minimum atomic E-state index is -0.508. The van der Waals surface area contributed by atoms with Gasteiger partial charge in [0.15, 0.2) is 0 Å². The predicted octanol–water partition coefficient (Wildman–Crippen LogP) is 4.00. The molecule has 0 amide bonds. The van der Waals surface area contributed by atoms with Gasteiger partial charge in [0.25, 0.3) is 0 Å². The average molecular weight is 306 g/mol. The van der Waals surface area contributed by atoms with Crippen molar-refractivity contribution in [3.05, 3.63) is 0 Å². The van der Waals surface area contributed by atoms with E-state index in [0.717, 1.165) is 24.2 Å². The second-order valence-corrected chi connectivity index (χ2v) is 9.77. The van der Waals surface area contributed by atoms with Gasteiger partial charge in [-0.1, -0.05) is 27.2 Å². The maximum Gasteiger partial charge on any atom is 0.0827 e. The van der Waals surface area contributed by atoms with Crippen molar-refractivity contribution >= 4 is 0 Å². The molecular weight excluding hydrogens is 272 g/mol. The first kappa shape index (κ1) is 15.4. The standard InChI is InChI=1S/C20H34O2/c1-12-14-7-6-13-15-5-4-9-19(15,2)10-8-16(13)20(14,3)11-17(21)18(12)22/h12-18,21-22H,4-11H2,1-3H3/t12?,13-,14?,15-,16+,17?,18?,19-,20-/m0/s1. The van der Waals surface area contributed by atoms with E-state index in [9.17, 15) is 10.2 Å². The summed E-state index contributed by atoms with van der Waals surface area (Å²) in [6.07, 6.45) is 9.54. The Hall–Kier alpha value is -0.0800. The fourth-order valence-electron chi connectivity index (χ4n) is 7.80. The van der Waals surface area contributed by atoms with Crippen LogP contribution in [0.3, 0.4) is 0 Å². The SMILES string of the molecule is CC1C(O)C(O)C[C@@]2(C)C1CC[C@@H]1[C@H]2CC[C@]2(C)CCC[C@@H]12. The van der Waals surface area contributed by atoms with Crippen LogP contribution in [0.2, 0.25) is 0 Å². The zero-order chi connectivity index (χ0) is 15.7. The summed E-state index contributed by atoms with van der Waals surface area (Å²) in [5.41, 5.74) is 0.869. The van der Waals surface area contributed by atoms with Crippen molar-refractivity contribution in [2.24, 2.45) is 40.4 Å². The summed E-state index contributed by atoms with van der Waals surface area (Å²) in [5, 5.41) is 20.8. The number of aliphatic hydroxyl groups excluding tert-OH is 2. The van der Waals surface area contributed by atoms with Crippen LogP contribution in [-0.4, -0.2) is 22.4 Å². The van der Waals surface area contributed by atoms with Crippen molar-refractivity contribution in [3.63, 3.8) is 0 Å². The molecule has 2 heteroatoms. The monoisotopic (exact) mass is 306 g/mol. The van der Waals surface area contributed by atoms with Crippen LogP contribution in [0.25, 0.3) is 0 Å². The third-order valence-corrected chi connectivity index (χ3v) is 8.94. The van der Waals surface area contributed by atoms with Crippen LogP contribution < -0.4 is 0 Å². The molecule has 4 rings (SSSR count). The first-order valence-electron chi connectivity index (χ1n) is 9.73. The molecule has 0 aromatic heterocycles. The molecule has 0 heterocycles. The molecule has 2 nitrogen and oxygen atoms in total. The normalized spacial score (nSPS) is 61.2. The van der Waals surface area contributed by atoms with Gasteiger partial charge in [0.1, 0.15) is 0 Å². The number of fused-ring (bicyclic) bond motifs is 5. The van der Waals surface area contributed by atoms with E-state index < -0.39 is 12.2 Å². The van der Waals surface area contributed by atoms with Crippen LogP contribution in [-0.2, 0) is 0 Å². The Morgan fingerprint density at radius 3 is 2.41 bits per heavy atom. The van der Waals surface area contributed by atoms with Gasteiger partial charge in [-0.05, 0) is 85.4 Å². The average Bonchev–Trinajstić information content (AvgIpc) is 2.86. The third kappa shape index (κ3) is 1.92. The lowest BCUT2D eigenvalue weighted by Gasteiger charge is -2.62. The molecule has 0 saturated heterocycles. The van der Waals surface area contributed by atoms with Crippen molar-refractivity contribution in [1.29, 1.82) is 0 Å². The third-order valence-electron chi connectivity index (χ3n) is 8.94. The van der Waals surface area contributed by atoms with Crippen LogP contribution in [0.1, 0.15) is 72.1 Å².